The van der Waals surface area contributed by atoms with E-state index in [0.29, 0.717) is 0 Å². The average molecular weight is 174 g/mol. The molecule has 1 heterocycles. The molecule has 0 aliphatic rings. The molecule has 0 spiro atoms. The van der Waals surface area contributed by atoms with Crippen LogP contribution >= 0.6 is 0 Å². The zero-order valence-electron chi connectivity index (χ0n) is 8.26. The van der Waals surface area contributed by atoms with Crippen LogP contribution < -0.4 is 5.32 Å². The summed E-state index contributed by atoms with van der Waals surface area (Å²) in [5.41, 5.74) is 3.80. The summed E-state index contributed by atoms with van der Waals surface area (Å²) in [6, 6.07) is 6.44. The van der Waals surface area contributed by atoms with E-state index in [0.717, 1.165) is 0 Å². The van der Waals surface area contributed by atoms with Gasteiger partial charge in [-0.2, -0.15) is 0 Å². The van der Waals surface area contributed by atoms with Crippen molar-refractivity contribution in [2.24, 2.45) is 7.05 Å². The minimum Gasteiger partial charge on any atom is -0.386 e. The number of rotatable bonds is 1. The Kier molecular flexibility index (Phi) is 1.76. The van der Waals surface area contributed by atoms with Crippen LogP contribution in [0.5, 0.6) is 0 Å². The van der Waals surface area contributed by atoms with Crippen molar-refractivity contribution >= 4 is 16.6 Å². The highest BCUT2D eigenvalue weighted by atomic mass is 15.0. The lowest BCUT2D eigenvalue weighted by Gasteiger charge is -2.08. The van der Waals surface area contributed by atoms with Gasteiger partial charge in [-0.05, 0) is 18.6 Å². The van der Waals surface area contributed by atoms with Crippen LogP contribution in [-0.4, -0.2) is 11.6 Å². The van der Waals surface area contributed by atoms with Gasteiger partial charge in [-0.3, -0.25) is 0 Å². The lowest BCUT2D eigenvalue weighted by molar-refractivity contribution is 0.969. The number of fused-ring (bicyclic) bond motifs is 1. The van der Waals surface area contributed by atoms with Crippen molar-refractivity contribution in [2.45, 2.75) is 6.92 Å². The van der Waals surface area contributed by atoms with Gasteiger partial charge >= 0.3 is 0 Å². The second-order valence-corrected chi connectivity index (χ2v) is 3.37. The molecule has 0 aliphatic carbocycles. The Morgan fingerprint density at radius 3 is 2.69 bits per heavy atom. The van der Waals surface area contributed by atoms with Crippen molar-refractivity contribution in [1.29, 1.82) is 0 Å². The zero-order chi connectivity index (χ0) is 9.42. The molecule has 68 valence electrons. The second kappa shape index (κ2) is 2.80. The van der Waals surface area contributed by atoms with E-state index in [9.17, 15) is 0 Å². The Bertz CT molecular complexity index is 441. The standard InChI is InChI=1S/C11H14N2/c1-8-4-5-9-6-7-13(3)11(9)10(8)12-2/h4-7,12H,1-3H3. The van der Waals surface area contributed by atoms with E-state index >= 15 is 0 Å². The summed E-state index contributed by atoms with van der Waals surface area (Å²) in [5, 5.41) is 4.53. The summed E-state index contributed by atoms with van der Waals surface area (Å²) >= 11 is 0. The van der Waals surface area contributed by atoms with Gasteiger partial charge in [-0.15, -0.1) is 0 Å². The normalized spacial score (nSPS) is 10.7. The Morgan fingerprint density at radius 1 is 1.23 bits per heavy atom. The molecule has 0 fully saturated rings. The molecule has 1 aromatic carbocycles. The van der Waals surface area contributed by atoms with E-state index in [2.05, 4.69) is 48.3 Å². The fourth-order valence-electron chi connectivity index (χ4n) is 1.80. The summed E-state index contributed by atoms with van der Waals surface area (Å²) in [7, 11) is 4.04. The molecule has 0 unspecified atom stereocenters. The van der Waals surface area contributed by atoms with E-state index in [1.165, 1.54) is 22.2 Å². The molecule has 1 N–H and O–H groups in total. The Balaban J connectivity index is 2.88. The first-order chi connectivity index (χ1) is 6.24. The van der Waals surface area contributed by atoms with Crippen molar-refractivity contribution in [1.82, 2.24) is 4.57 Å². The summed E-state index contributed by atoms with van der Waals surface area (Å²) in [6.07, 6.45) is 2.09. The van der Waals surface area contributed by atoms with Crippen molar-refractivity contribution in [3.05, 3.63) is 30.0 Å². The highest BCUT2D eigenvalue weighted by Gasteiger charge is 2.05. The summed E-state index contributed by atoms with van der Waals surface area (Å²) in [5.74, 6) is 0. The number of anilines is 1. The molecule has 13 heavy (non-hydrogen) atoms. The third-order valence-corrected chi connectivity index (χ3v) is 2.50. The van der Waals surface area contributed by atoms with Crippen LogP contribution in [0.4, 0.5) is 5.69 Å². The van der Waals surface area contributed by atoms with Crippen LogP contribution in [0.3, 0.4) is 0 Å². The fraction of sp³-hybridized carbons (Fsp3) is 0.273. The quantitative estimate of drug-likeness (QED) is 0.703. The third-order valence-electron chi connectivity index (χ3n) is 2.50. The fourth-order valence-corrected chi connectivity index (χ4v) is 1.80. The monoisotopic (exact) mass is 174 g/mol. The van der Waals surface area contributed by atoms with Gasteiger partial charge in [0, 0.05) is 25.7 Å². The number of nitrogens with one attached hydrogen (secondary N) is 1. The molecule has 1 aromatic heterocycles. The lowest BCUT2D eigenvalue weighted by Crippen LogP contribution is -1.96. The topological polar surface area (TPSA) is 17.0 Å². The number of hydrogen-bond acceptors (Lipinski definition) is 1. The number of benzene rings is 1. The maximum absolute atomic E-state index is 3.24. The number of aryl methyl sites for hydroxylation is 2. The van der Waals surface area contributed by atoms with Crippen LogP contribution in [0.1, 0.15) is 5.56 Å². The maximum Gasteiger partial charge on any atom is 0.0715 e. The Labute approximate surface area is 78.2 Å². The van der Waals surface area contributed by atoms with Crippen LogP contribution in [0.15, 0.2) is 24.4 Å². The van der Waals surface area contributed by atoms with Gasteiger partial charge in [0.05, 0.1) is 11.2 Å². The first-order valence-corrected chi connectivity index (χ1v) is 4.46. The highest BCUT2D eigenvalue weighted by Crippen LogP contribution is 2.26. The SMILES string of the molecule is CNc1c(C)ccc2ccn(C)c12. The maximum atomic E-state index is 3.24. The molecule has 0 radical (unpaired) electrons. The molecule has 2 heteroatoms. The average Bonchev–Trinajstić information content (AvgIpc) is 2.49. The first-order valence-electron chi connectivity index (χ1n) is 4.46. The summed E-state index contributed by atoms with van der Waals surface area (Å²) in [4.78, 5) is 0. The van der Waals surface area contributed by atoms with E-state index in [1.54, 1.807) is 0 Å². The molecular weight excluding hydrogens is 160 g/mol. The van der Waals surface area contributed by atoms with Crippen molar-refractivity contribution in [3.8, 4) is 0 Å². The molecule has 0 bridgehead atoms. The van der Waals surface area contributed by atoms with E-state index < -0.39 is 0 Å². The molecule has 0 amide bonds. The van der Waals surface area contributed by atoms with Gasteiger partial charge in [0.25, 0.3) is 0 Å². The van der Waals surface area contributed by atoms with E-state index in [-0.39, 0.29) is 0 Å². The van der Waals surface area contributed by atoms with Gasteiger partial charge < -0.3 is 9.88 Å². The lowest BCUT2D eigenvalue weighted by atomic mass is 10.1. The highest BCUT2D eigenvalue weighted by molar-refractivity contribution is 5.93. The summed E-state index contributed by atoms with van der Waals surface area (Å²) < 4.78 is 2.15. The van der Waals surface area contributed by atoms with Crippen molar-refractivity contribution in [2.75, 3.05) is 12.4 Å². The molecule has 2 nitrogen and oxygen atoms in total. The largest absolute Gasteiger partial charge is 0.386 e. The minimum absolute atomic E-state index is 1.23. The molecule has 2 aromatic rings. The molecular formula is C11H14N2. The van der Waals surface area contributed by atoms with Crippen molar-refractivity contribution < 1.29 is 0 Å². The predicted molar refractivity (Wildman–Crippen MR) is 57.2 cm³/mol. The molecule has 2 rings (SSSR count). The predicted octanol–water partition coefficient (Wildman–Crippen LogP) is 2.53. The third kappa shape index (κ3) is 1.10. The zero-order valence-corrected chi connectivity index (χ0v) is 8.26. The van der Waals surface area contributed by atoms with Crippen LogP contribution in [0.25, 0.3) is 10.9 Å². The van der Waals surface area contributed by atoms with Crippen LogP contribution in [-0.2, 0) is 7.05 Å². The number of nitrogens with zero attached hydrogens (tertiary/aromatic N) is 1. The molecule has 0 aliphatic heterocycles. The van der Waals surface area contributed by atoms with Gasteiger partial charge in [0.1, 0.15) is 0 Å². The second-order valence-electron chi connectivity index (χ2n) is 3.37. The number of hydrogen-bond donors (Lipinski definition) is 1. The smallest absolute Gasteiger partial charge is 0.0715 e. The minimum atomic E-state index is 1.23. The van der Waals surface area contributed by atoms with Crippen molar-refractivity contribution in [3.63, 3.8) is 0 Å². The molecule has 0 atom stereocenters. The molecule has 0 saturated heterocycles. The Hall–Kier alpha value is -1.44. The summed E-state index contributed by atoms with van der Waals surface area (Å²) in [6.45, 7) is 2.12. The van der Waals surface area contributed by atoms with Gasteiger partial charge in [0.15, 0.2) is 0 Å². The molecule has 0 saturated carbocycles. The Morgan fingerprint density at radius 2 is 2.00 bits per heavy atom. The van der Waals surface area contributed by atoms with Gasteiger partial charge in [-0.1, -0.05) is 12.1 Å². The van der Waals surface area contributed by atoms with Crippen LogP contribution in [0.2, 0.25) is 0 Å². The van der Waals surface area contributed by atoms with Crippen LogP contribution in [0, 0.1) is 6.92 Å². The van der Waals surface area contributed by atoms with Gasteiger partial charge in [0.2, 0.25) is 0 Å². The first kappa shape index (κ1) is 8.17. The van der Waals surface area contributed by atoms with Gasteiger partial charge in [-0.25, -0.2) is 0 Å². The van der Waals surface area contributed by atoms with E-state index in [4.69, 9.17) is 0 Å². The number of aromatic nitrogens is 1. The van der Waals surface area contributed by atoms with E-state index in [1.807, 2.05) is 7.05 Å².